The molecule has 0 unspecified atom stereocenters. The summed E-state index contributed by atoms with van der Waals surface area (Å²) in [6.45, 7) is 0. The van der Waals surface area contributed by atoms with Gasteiger partial charge in [-0.15, -0.1) is 0 Å². The molecular formula is C10H14F2O3Si. The number of aryl methyl sites for hydroxylation is 1. The van der Waals surface area contributed by atoms with Gasteiger partial charge in [0.25, 0.3) is 5.97 Å². The Labute approximate surface area is 95.2 Å². The van der Waals surface area contributed by atoms with Gasteiger partial charge in [-0.3, -0.25) is 0 Å². The summed E-state index contributed by atoms with van der Waals surface area (Å²) < 4.78 is 29.9. The summed E-state index contributed by atoms with van der Waals surface area (Å²) in [5.41, 5.74) is 0.614. The van der Waals surface area contributed by atoms with Crippen molar-refractivity contribution < 1.29 is 23.4 Å². The van der Waals surface area contributed by atoms with Gasteiger partial charge in [-0.05, 0) is 30.5 Å². The molecule has 0 fully saturated rings. The van der Waals surface area contributed by atoms with Crippen LogP contribution in [0.1, 0.15) is 18.4 Å². The summed E-state index contributed by atoms with van der Waals surface area (Å²) in [4.78, 5) is 0. The van der Waals surface area contributed by atoms with Crippen LogP contribution in [0.5, 0.6) is 0 Å². The topological polar surface area (TPSA) is 49.7 Å². The predicted molar refractivity (Wildman–Crippen MR) is 57.5 cm³/mol. The molecule has 2 N–H and O–H groups in total. The van der Waals surface area contributed by atoms with Gasteiger partial charge in [0.05, 0.1) is 0 Å². The van der Waals surface area contributed by atoms with Crippen molar-refractivity contribution in [3.8, 4) is 0 Å². The highest BCUT2D eigenvalue weighted by atomic mass is 28.2. The average molecular weight is 248 g/mol. The molecule has 0 aromatic heterocycles. The molecule has 0 heterocycles. The third kappa shape index (κ3) is 3.97. The lowest BCUT2D eigenvalue weighted by molar-refractivity contribution is -0.295. The van der Waals surface area contributed by atoms with E-state index in [-0.39, 0.29) is 16.9 Å². The lowest BCUT2D eigenvalue weighted by Crippen LogP contribution is -2.30. The Kier molecular flexibility index (Phi) is 4.54. The molecule has 0 aliphatic carbocycles. The van der Waals surface area contributed by atoms with Crippen molar-refractivity contribution >= 4 is 10.5 Å². The van der Waals surface area contributed by atoms with Gasteiger partial charge in [0, 0.05) is 6.42 Å². The standard InChI is InChI=1S/C10H14F2O3Si/c11-8-4-3-7(6-9(8)12)2-1-5-10(13,14)15-16/h3-4,6,13-14H,1-2,5H2,16H3. The van der Waals surface area contributed by atoms with Gasteiger partial charge in [0.2, 0.25) is 0 Å². The maximum absolute atomic E-state index is 12.8. The molecule has 3 nitrogen and oxygen atoms in total. The molecule has 0 saturated heterocycles. The molecule has 90 valence electrons. The molecule has 0 saturated carbocycles. The van der Waals surface area contributed by atoms with Crippen LogP contribution in [0.4, 0.5) is 8.78 Å². The van der Waals surface area contributed by atoms with E-state index in [9.17, 15) is 8.78 Å². The first-order valence-corrected chi connectivity index (χ1v) is 5.70. The van der Waals surface area contributed by atoms with Crippen LogP contribution in [-0.4, -0.2) is 26.7 Å². The lowest BCUT2D eigenvalue weighted by atomic mass is 10.1. The first-order chi connectivity index (χ1) is 7.44. The van der Waals surface area contributed by atoms with E-state index in [0.717, 1.165) is 12.1 Å². The predicted octanol–water partition coefficient (Wildman–Crippen LogP) is 0.223. The van der Waals surface area contributed by atoms with E-state index in [1.165, 1.54) is 6.07 Å². The zero-order valence-electron chi connectivity index (χ0n) is 8.91. The average Bonchev–Trinajstić information content (AvgIpc) is 2.23. The molecule has 0 bridgehead atoms. The fourth-order valence-corrected chi connectivity index (χ4v) is 1.52. The van der Waals surface area contributed by atoms with Crippen LogP contribution in [0.3, 0.4) is 0 Å². The fourth-order valence-electron chi connectivity index (χ4n) is 1.32. The van der Waals surface area contributed by atoms with E-state index in [1.54, 1.807) is 0 Å². The van der Waals surface area contributed by atoms with Gasteiger partial charge >= 0.3 is 0 Å². The molecule has 0 spiro atoms. The number of hydrogen-bond acceptors (Lipinski definition) is 3. The summed E-state index contributed by atoms with van der Waals surface area (Å²) in [5, 5.41) is 18.3. The largest absolute Gasteiger partial charge is 0.381 e. The Morgan fingerprint density at radius 3 is 2.50 bits per heavy atom. The van der Waals surface area contributed by atoms with Gasteiger partial charge < -0.3 is 14.6 Å². The first kappa shape index (κ1) is 13.2. The normalized spacial score (nSPS) is 12.0. The zero-order chi connectivity index (χ0) is 12.2. The molecule has 6 heteroatoms. The van der Waals surface area contributed by atoms with E-state index in [2.05, 4.69) is 4.43 Å². The highest BCUT2D eigenvalue weighted by Crippen LogP contribution is 2.14. The highest BCUT2D eigenvalue weighted by molar-refractivity contribution is 5.98. The highest BCUT2D eigenvalue weighted by Gasteiger charge is 2.20. The minimum atomic E-state index is -2.09. The van der Waals surface area contributed by atoms with Gasteiger partial charge in [-0.25, -0.2) is 8.78 Å². The number of rotatable bonds is 5. The number of aliphatic hydroxyl groups is 2. The van der Waals surface area contributed by atoms with E-state index in [4.69, 9.17) is 10.2 Å². The van der Waals surface area contributed by atoms with Gasteiger partial charge in [-0.1, -0.05) is 6.07 Å². The molecule has 0 radical (unpaired) electrons. The SMILES string of the molecule is OC(O)(CCCc1ccc(F)c(F)c1)O[SiH3]. The van der Waals surface area contributed by atoms with Crippen molar-refractivity contribution in [3.63, 3.8) is 0 Å². The maximum atomic E-state index is 12.8. The second-order valence-corrected chi connectivity index (χ2v) is 3.96. The molecule has 1 rings (SSSR count). The summed E-state index contributed by atoms with van der Waals surface area (Å²) >= 11 is 0. The molecule has 0 atom stereocenters. The molecule has 0 aliphatic rings. The van der Waals surface area contributed by atoms with E-state index >= 15 is 0 Å². The van der Waals surface area contributed by atoms with Crippen molar-refractivity contribution in [1.29, 1.82) is 0 Å². The van der Waals surface area contributed by atoms with Crippen molar-refractivity contribution in [2.24, 2.45) is 0 Å². The number of halogens is 2. The Bertz CT molecular complexity index is 358. The van der Waals surface area contributed by atoms with Crippen molar-refractivity contribution in [2.45, 2.75) is 25.2 Å². The van der Waals surface area contributed by atoms with Crippen LogP contribution in [0.15, 0.2) is 18.2 Å². The fraction of sp³-hybridized carbons (Fsp3) is 0.400. The van der Waals surface area contributed by atoms with Crippen LogP contribution in [0.2, 0.25) is 0 Å². The Hall–Kier alpha value is -0.823. The van der Waals surface area contributed by atoms with Crippen LogP contribution < -0.4 is 0 Å². The Morgan fingerprint density at radius 1 is 1.25 bits per heavy atom. The van der Waals surface area contributed by atoms with Gasteiger partial charge in [0.15, 0.2) is 22.1 Å². The first-order valence-electron chi connectivity index (χ1n) is 4.88. The third-order valence-electron chi connectivity index (χ3n) is 2.28. The molecule has 1 aromatic carbocycles. The number of benzene rings is 1. The minimum absolute atomic E-state index is 0.0372. The van der Waals surface area contributed by atoms with Crippen LogP contribution in [0, 0.1) is 11.6 Å². The summed E-state index contributed by atoms with van der Waals surface area (Å²) in [7, 11) is 0.222. The minimum Gasteiger partial charge on any atom is -0.381 e. The molecular weight excluding hydrogens is 234 g/mol. The van der Waals surface area contributed by atoms with Gasteiger partial charge in [-0.2, -0.15) is 0 Å². The summed E-state index contributed by atoms with van der Waals surface area (Å²) in [6, 6.07) is 3.63. The van der Waals surface area contributed by atoms with E-state index < -0.39 is 17.6 Å². The summed E-state index contributed by atoms with van der Waals surface area (Å²) in [6.07, 6.45) is 0.890. The molecule has 0 aliphatic heterocycles. The molecule has 16 heavy (non-hydrogen) atoms. The van der Waals surface area contributed by atoms with Crippen molar-refractivity contribution in [3.05, 3.63) is 35.4 Å². The third-order valence-corrected chi connectivity index (χ3v) is 2.93. The van der Waals surface area contributed by atoms with Crippen LogP contribution in [-0.2, 0) is 10.8 Å². The van der Waals surface area contributed by atoms with Gasteiger partial charge in [0.1, 0.15) is 0 Å². The quantitative estimate of drug-likeness (QED) is 0.579. The lowest BCUT2D eigenvalue weighted by Gasteiger charge is -2.19. The Morgan fingerprint density at radius 2 is 1.94 bits per heavy atom. The van der Waals surface area contributed by atoms with E-state index in [1.807, 2.05) is 0 Å². The van der Waals surface area contributed by atoms with E-state index in [0.29, 0.717) is 18.4 Å². The smallest absolute Gasteiger partial charge is 0.267 e. The van der Waals surface area contributed by atoms with Crippen LogP contribution in [0.25, 0.3) is 0 Å². The van der Waals surface area contributed by atoms with Crippen molar-refractivity contribution in [1.82, 2.24) is 0 Å². The maximum Gasteiger partial charge on any atom is 0.267 e. The number of hydrogen-bond donors (Lipinski definition) is 2. The monoisotopic (exact) mass is 248 g/mol. The van der Waals surface area contributed by atoms with Crippen molar-refractivity contribution in [2.75, 3.05) is 0 Å². The molecule has 0 amide bonds. The second-order valence-electron chi connectivity index (χ2n) is 3.55. The summed E-state index contributed by atoms with van der Waals surface area (Å²) in [5.74, 6) is -3.87. The Balaban J connectivity index is 2.46. The van der Waals surface area contributed by atoms with Crippen LogP contribution >= 0.6 is 0 Å². The molecule has 1 aromatic rings. The second kappa shape index (κ2) is 5.49. The zero-order valence-corrected chi connectivity index (χ0v) is 10.9.